The fourth-order valence-corrected chi connectivity index (χ4v) is 3.66. The van der Waals surface area contributed by atoms with Crippen LogP contribution < -0.4 is 5.73 Å². The molecule has 0 aliphatic heterocycles. The number of benzene rings is 1. The molecule has 0 amide bonds. The number of nitrogens with two attached hydrogens (primary N) is 1. The van der Waals surface area contributed by atoms with E-state index < -0.39 is 0 Å². The Labute approximate surface area is 112 Å². The zero-order chi connectivity index (χ0) is 12.5. The van der Waals surface area contributed by atoms with Gasteiger partial charge in [-0.25, -0.2) is 9.97 Å². The summed E-state index contributed by atoms with van der Waals surface area (Å²) >= 11 is 3.32. The summed E-state index contributed by atoms with van der Waals surface area (Å²) in [6, 6.07) is 5.78. The molecule has 18 heavy (non-hydrogen) atoms. The van der Waals surface area contributed by atoms with Crippen LogP contribution in [0.3, 0.4) is 0 Å². The van der Waals surface area contributed by atoms with Gasteiger partial charge in [-0.05, 0) is 18.2 Å². The van der Waals surface area contributed by atoms with Crippen LogP contribution in [0.1, 0.15) is 5.82 Å². The Bertz CT molecular complexity index is 688. The summed E-state index contributed by atoms with van der Waals surface area (Å²) in [6.07, 6.45) is 1.56. The van der Waals surface area contributed by atoms with Crippen molar-refractivity contribution in [1.29, 1.82) is 0 Å². The van der Waals surface area contributed by atoms with Gasteiger partial charge in [-0.1, -0.05) is 11.8 Å². The quantitative estimate of drug-likeness (QED) is 0.587. The minimum absolute atomic E-state index is 0.770. The molecule has 0 atom stereocenters. The Hall–Kier alpha value is -1.60. The van der Waals surface area contributed by atoms with Gasteiger partial charge in [-0.3, -0.25) is 4.68 Å². The molecule has 0 radical (unpaired) electrons. The average Bonchev–Trinajstić information content (AvgIpc) is 2.92. The summed E-state index contributed by atoms with van der Waals surface area (Å²) in [4.78, 5) is 8.74. The number of nitrogens with zero attached hydrogens (tertiary/aromatic N) is 4. The highest BCUT2D eigenvalue weighted by atomic mass is 32.2. The third-order valence-electron chi connectivity index (χ3n) is 2.52. The molecule has 0 unspecified atom stereocenters. The first-order valence-electron chi connectivity index (χ1n) is 5.34. The van der Waals surface area contributed by atoms with Crippen molar-refractivity contribution in [1.82, 2.24) is 19.7 Å². The van der Waals surface area contributed by atoms with Crippen molar-refractivity contribution in [3.05, 3.63) is 30.4 Å². The molecule has 7 heteroatoms. The maximum atomic E-state index is 5.75. The predicted octanol–water partition coefficient (Wildman–Crippen LogP) is 2.30. The largest absolute Gasteiger partial charge is 0.399 e. The molecule has 0 aliphatic carbocycles. The second kappa shape index (κ2) is 4.58. The lowest BCUT2D eigenvalue weighted by Gasteiger charge is -1.96. The normalized spacial score (nSPS) is 11.2. The fraction of sp³-hybridized carbons (Fsp3) is 0.182. The number of nitrogen functional groups attached to an aromatic ring is 1. The zero-order valence-corrected chi connectivity index (χ0v) is 11.3. The first-order chi connectivity index (χ1) is 8.72. The molecule has 1 aromatic carbocycles. The molecule has 0 fully saturated rings. The molecule has 3 rings (SSSR count). The number of anilines is 1. The molecule has 0 saturated heterocycles. The van der Waals surface area contributed by atoms with Crippen molar-refractivity contribution in [3.63, 3.8) is 0 Å². The number of thiazole rings is 1. The van der Waals surface area contributed by atoms with Crippen LogP contribution in [0.15, 0.2) is 28.9 Å². The molecule has 2 aromatic heterocycles. The van der Waals surface area contributed by atoms with E-state index in [0.29, 0.717) is 0 Å². The van der Waals surface area contributed by atoms with Gasteiger partial charge >= 0.3 is 0 Å². The highest BCUT2D eigenvalue weighted by Crippen LogP contribution is 2.31. The standard InChI is InChI=1S/C11H11N5S2/c1-16-10(13-6-14-16)5-17-11-15-8-3-2-7(12)4-9(8)18-11/h2-4,6H,5,12H2,1H3. The van der Waals surface area contributed by atoms with Crippen molar-refractivity contribution in [2.75, 3.05) is 5.73 Å². The van der Waals surface area contributed by atoms with Gasteiger partial charge in [0.25, 0.3) is 0 Å². The Morgan fingerprint density at radius 3 is 3.11 bits per heavy atom. The van der Waals surface area contributed by atoms with E-state index in [4.69, 9.17) is 5.73 Å². The summed E-state index contributed by atoms with van der Waals surface area (Å²) in [6.45, 7) is 0. The Balaban J connectivity index is 1.81. The van der Waals surface area contributed by atoms with Gasteiger partial charge in [0.05, 0.1) is 16.0 Å². The van der Waals surface area contributed by atoms with E-state index >= 15 is 0 Å². The number of hydrogen-bond donors (Lipinski definition) is 1. The monoisotopic (exact) mass is 277 g/mol. The minimum atomic E-state index is 0.770. The van der Waals surface area contributed by atoms with E-state index in [9.17, 15) is 0 Å². The molecular formula is C11H11N5S2. The van der Waals surface area contributed by atoms with Crippen molar-refractivity contribution in [2.24, 2.45) is 7.05 Å². The summed E-state index contributed by atoms with van der Waals surface area (Å²) in [5, 5.41) is 4.04. The van der Waals surface area contributed by atoms with Gasteiger partial charge in [0.15, 0.2) is 4.34 Å². The highest BCUT2D eigenvalue weighted by molar-refractivity contribution is 8.00. The summed E-state index contributed by atoms with van der Waals surface area (Å²) in [5.74, 6) is 1.71. The maximum absolute atomic E-state index is 5.75. The van der Waals surface area contributed by atoms with Crippen LogP contribution in [-0.2, 0) is 12.8 Å². The van der Waals surface area contributed by atoms with E-state index in [1.54, 1.807) is 34.1 Å². The first kappa shape index (κ1) is 11.5. The summed E-state index contributed by atoms with van der Waals surface area (Å²) < 4.78 is 3.92. The van der Waals surface area contributed by atoms with Crippen molar-refractivity contribution in [3.8, 4) is 0 Å². The molecule has 2 N–H and O–H groups in total. The fourth-order valence-electron chi connectivity index (χ4n) is 1.56. The van der Waals surface area contributed by atoms with E-state index in [0.717, 1.165) is 31.8 Å². The highest BCUT2D eigenvalue weighted by Gasteiger charge is 2.07. The zero-order valence-electron chi connectivity index (χ0n) is 9.70. The smallest absolute Gasteiger partial charge is 0.151 e. The van der Waals surface area contributed by atoms with Gasteiger partial charge in [-0.15, -0.1) is 11.3 Å². The number of rotatable bonds is 3. The van der Waals surface area contributed by atoms with Crippen LogP contribution in [0.5, 0.6) is 0 Å². The molecular weight excluding hydrogens is 266 g/mol. The second-order valence-corrected chi connectivity index (χ2v) is 6.05. The van der Waals surface area contributed by atoms with E-state index in [-0.39, 0.29) is 0 Å². The Morgan fingerprint density at radius 2 is 2.33 bits per heavy atom. The summed E-state index contributed by atoms with van der Waals surface area (Å²) in [7, 11) is 1.89. The van der Waals surface area contributed by atoms with Crippen LogP contribution >= 0.6 is 23.1 Å². The number of thioether (sulfide) groups is 1. The average molecular weight is 277 g/mol. The lowest BCUT2D eigenvalue weighted by atomic mass is 10.3. The third-order valence-corrected chi connectivity index (χ3v) is 4.68. The van der Waals surface area contributed by atoms with Crippen molar-refractivity contribution in [2.45, 2.75) is 10.1 Å². The molecule has 2 heterocycles. The second-order valence-electron chi connectivity index (χ2n) is 3.80. The van der Waals surface area contributed by atoms with E-state index in [1.165, 1.54) is 0 Å². The first-order valence-corrected chi connectivity index (χ1v) is 7.14. The maximum Gasteiger partial charge on any atom is 0.151 e. The number of fused-ring (bicyclic) bond motifs is 1. The van der Waals surface area contributed by atoms with Crippen LogP contribution in [-0.4, -0.2) is 19.7 Å². The molecule has 0 aliphatic rings. The number of aromatic nitrogens is 4. The third kappa shape index (κ3) is 2.19. The van der Waals surface area contributed by atoms with E-state index in [1.807, 2.05) is 25.2 Å². The molecule has 5 nitrogen and oxygen atoms in total. The topological polar surface area (TPSA) is 69.6 Å². The van der Waals surface area contributed by atoms with Gasteiger partial charge in [-0.2, -0.15) is 5.10 Å². The lowest BCUT2D eigenvalue weighted by molar-refractivity contribution is 0.730. The van der Waals surface area contributed by atoms with Crippen molar-refractivity contribution >= 4 is 39.0 Å². The minimum Gasteiger partial charge on any atom is -0.399 e. The summed E-state index contributed by atoms with van der Waals surface area (Å²) in [5.41, 5.74) is 7.52. The van der Waals surface area contributed by atoms with Crippen LogP contribution in [0.4, 0.5) is 5.69 Å². The van der Waals surface area contributed by atoms with E-state index in [2.05, 4.69) is 15.1 Å². The Morgan fingerprint density at radius 1 is 1.44 bits per heavy atom. The van der Waals surface area contributed by atoms with Crippen molar-refractivity contribution < 1.29 is 0 Å². The van der Waals surface area contributed by atoms with Crippen LogP contribution in [0.2, 0.25) is 0 Å². The van der Waals surface area contributed by atoms with Gasteiger partial charge in [0.2, 0.25) is 0 Å². The van der Waals surface area contributed by atoms with Gasteiger partial charge in [0, 0.05) is 12.7 Å². The number of aryl methyl sites for hydroxylation is 1. The molecule has 0 bridgehead atoms. The van der Waals surface area contributed by atoms with Gasteiger partial charge in [0.1, 0.15) is 12.2 Å². The predicted molar refractivity (Wildman–Crippen MR) is 74.6 cm³/mol. The van der Waals surface area contributed by atoms with Gasteiger partial charge < -0.3 is 5.73 Å². The molecule has 92 valence electrons. The Kier molecular flexibility index (Phi) is 2.92. The SMILES string of the molecule is Cn1ncnc1CSc1nc2ccc(N)cc2s1. The molecule has 0 saturated carbocycles. The molecule has 3 aromatic rings. The van der Waals surface area contributed by atoms with Crippen LogP contribution in [0.25, 0.3) is 10.2 Å². The van der Waals surface area contributed by atoms with Crippen LogP contribution in [0, 0.1) is 0 Å². The molecule has 0 spiro atoms. The number of hydrogen-bond acceptors (Lipinski definition) is 6. The lowest BCUT2D eigenvalue weighted by Crippen LogP contribution is -1.97.